The minimum Gasteiger partial charge on any atom is -0.323 e. The lowest BCUT2D eigenvalue weighted by molar-refractivity contribution is 0.145. The Bertz CT molecular complexity index is 743. The molecule has 0 aliphatic rings. The zero-order valence-electron chi connectivity index (χ0n) is 9.31. The highest BCUT2D eigenvalue weighted by molar-refractivity contribution is 6.29. The van der Waals surface area contributed by atoms with Gasteiger partial charge < -0.3 is 4.98 Å². The highest BCUT2D eigenvalue weighted by Crippen LogP contribution is 2.23. The second kappa shape index (κ2) is 4.51. The minimum atomic E-state index is -2.68. The molecule has 3 aromatic heterocycles. The number of rotatable bonds is 2. The molecule has 0 saturated carbocycles. The summed E-state index contributed by atoms with van der Waals surface area (Å²) in [4.78, 5) is 11.2. The Morgan fingerprint density at radius 2 is 2.05 bits per heavy atom. The largest absolute Gasteiger partial charge is 0.323 e. The van der Waals surface area contributed by atoms with E-state index in [1.165, 1.54) is 12.3 Å². The number of nitrogens with one attached hydrogen (secondary N) is 1. The van der Waals surface area contributed by atoms with E-state index in [4.69, 9.17) is 11.6 Å². The van der Waals surface area contributed by atoms with Gasteiger partial charge in [-0.05, 0) is 18.2 Å². The number of nitrogens with zero attached hydrogens (tertiary/aromatic N) is 4. The van der Waals surface area contributed by atoms with Crippen molar-refractivity contribution in [2.24, 2.45) is 0 Å². The summed E-state index contributed by atoms with van der Waals surface area (Å²) in [6.07, 6.45) is -1.32. The molecule has 1 N–H and O–H groups in total. The molecule has 0 saturated heterocycles. The zero-order chi connectivity index (χ0) is 13.4. The van der Waals surface area contributed by atoms with Gasteiger partial charge in [-0.25, -0.2) is 18.7 Å². The van der Waals surface area contributed by atoms with E-state index in [0.717, 1.165) is 0 Å². The molecule has 0 spiro atoms. The second-order valence-electron chi connectivity index (χ2n) is 3.76. The fraction of sp³-hybridized carbons (Fsp3) is 0.0909. The van der Waals surface area contributed by atoms with Crippen LogP contribution in [0.5, 0.6) is 0 Å². The molecule has 3 rings (SSSR count). The number of alkyl halides is 2. The molecule has 5 nitrogen and oxygen atoms in total. The van der Waals surface area contributed by atoms with Crippen molar-refractivity contribution in [3.8, 4) is 11.4 Å². The van der Waals surface area contributed by atoms with Crippen molar-refractivity contribution in [3.05, 3.63) is 35.2 Å². The lowest BCUT2D eigenvalue weighted by Gasteiger charge is -1.99. The molecule has 0 amide bonds. The SMILES string of the molecule is FC(F)c1cc(-c2nc3ccc(Cl)nc3[nH]2)cnn1. The third kappa shape index (κ3) is 2.24. The molecular formula is C11H6ClF2N5. The molecule has 0 aliphatic heterocycles. The number of hydrogen-bond acceptors (Lipinski definition) is 4. The maximum atomic E-state index is 12.6. The normalized spacial score (nSPS) is 11.4. The molecule has 0 unspecified atom stereocenters. The summed E-state index contributed by atoms with van der Waals surface area (Å²) >= 11 is 5.76. The summed E-state index contributed by atoms with van der Waals surface area (Å²) in [5, 5.41) is 7.21. The van der Waals surface area contributed by atoms with Crippen LogP contribution < -0.4 is 0 Å². The second-order valence-corrected chi connectivity index (χ2v) is 4.14. The lowest BCUT2D eigenvalue weighted by Crippen LogP contribution is -1.94. The first-order chi connectivity index (χ1) is 9.13. The third-order valence-corrected chi connectivity index (χ3v) is 2.69. The molecule has 0 atom stereocenters. The first-order valence-corrected chi connectivity index (χ1v) is 5.64. The van der Waals surface area contributed by atoms with Gasteiger partial charge in [-0.2, -0.15) is 5.10 Å². The van der Waals surface area contributed by atoms with Crippen LogP contribution in [-0.2, 0) is 0 Å². The zero-order valence-corrected chi connectivity index (χ0v) is 10.1. The van der Waals surface area contributed by atoms with Crippen molar-refractivity contribution in [1.29, 1.82) is 0 Å². The van der Waals surface area contributed by atoms with Gasteiger partial charge in [0.2, 0.25) is 0 Å². The fourth-order valence-corrected chi connectivity index (χ4v) is 1.77. The summed E-state index contributed by atoms with van der Waals surface area (Å²) in [6.45, 7) is 0. The molecule has 0 radical (unpaired) electrons. The molecule has 0 bridgehead atoms. The number of imidazole rings is 1. The van der Waals surface area contributed by atoms with Crippen LogP contribution >= 0.6 is 11.6 Å². The maximum Gasteiger partial charge on any atom is 0.282 e. The quantitative estimate of drug-likeness (QED) is 0.733. The molecule has 19 heavy (non-hydrogen) atoms. The summed E-state index contributed by atoms with van der Waals surface area (Å²) in [5.74, 6) is 0.390. The highest BCUT2D eigenvalue weighted by atomic mass is 35.5. The van der Waals surface area contributed by atoms with Gasteiger partial charge in [-0.15, -0.1) is 5.10 Å². The van der Waals surface area contributed by atoms with E-state index in [-0.39, 0.29) is 0 Å². The number of halogens is 3. The van der Waals surface area contributed by atoms with Crippen LogP contribution in [0.4, 0.5) is 8.78 Å². The van der Waals surface area contributed by atoms with E-state index in [0.29, 0.717) is 27.7 Å². The summed E-state index contributed by atoms with van der Waals surface area (Å²) in [5.41, 5.74) is 1.09. The van der Waals surface area contributed by atoms with Gasteiger partial charge in [0.25, 0.3) is 6.43 Å². The molecule has 3 heterocycles. The molecule has 3 aromatic rings. The van der Waals surface area contributed by atoms with Gasteiger partial charge in [0, 0.05) is 5.56 Å². The van der Waals surface area contributed by atoms with Crippen LogP contribution in [0.25, 0.3) is 22.6 Å². The number of aromatic amines is 1. The van der Waals surface area contributed by atoms with Crippen molar-refractivity contribution >= 4 is 22.8 Å². The van der Waals surface area contributed by atoms with Crippen LogP contribution in [0.3, 0.4) is 0 Å². The van der Waals surface area contributed by atoms with Gasteiger partial charge in [0.1, 0.15) is 22.2 Å². The average molecular weight is 282 g/mol. The monoisotopic (exact) mass is 281 g/mol. The predicted molar refractivity (Wildman–Crippen MR) is 64.9 cm³/mol. The first kappa shape index (κ1) is 11.9. The molecule has 0 aromatic carbocycles. The molecule has 0 fully saturated rings. The van der Waals surface area contributed by atoms with Crippen LogP contribution in [-0.4, -0.2) is 25.1 Å². The summed E-state index contributed by atoms with van der Waals surface area (Å²) in [7, 11) is 0. The average Bonchev–Trinajstić information content (AvgIpc) is 2.81. The van der Waals surface area contributed by atoms with E-state index >= 15 is 0 Å². The standard InChI is InChI=1S/C11H6ClF2N5/c12-8-2-1-6-11(17-8)18-10(16-6)5-3-7(9(13)14)19-15-4-5/h1-4,9H,(H,16,17,18). The van der Waals surface area contributed by atoms with Crippen LogP contribution in [0, 0.1) is 0 Å². The third-order valence-electron chi connectivity index (χ3n) is 2.48. The van der Waals surface area contributed by atoms with Crippen molar-refractivity contribution in [2.75, 3.05) is 0 Å². The Morgan fingerprint density at radius 3 is 2.84 bits per heavy atom. The summed E-state index contributed by atoms with van der Waals surface area (Å²) < 4.78 is 25.1. The van der Waals surface area contributed by atoms with E-state index in [1.54, 1.807) is 12.1 Å². The van der Waals surface area contributed by atoms with Gasteiger partial charge in [-0.3, -0.25) is 0 Å². The number of hydrogen-bond donors (Lipinski definition) is 1. The van der Waals surface area contributed by atoms with E-state index < -0.39 is 12.1 Å². The lowest BCUT2D eigenvalue weighted by atomic mass is 10.2. The fourth-order valence-electron chi connectivity index (χ4n) is 1.63. The Kier molecular flexibility index (Phi) is 2.83. The molecular weight excluding hydrogens is 276 g/mol. The van der Waals surface area contributed by atoms with Gasteiger partial charge in [-0.1, -0.05) is 11.6 Å². The molecule has 0 aliphatic carbocycles. The maximum absolute atomic E-state index is 12.6. The summed E-state index contributed by atoms with van der Waals surface area (Å²) in [6, 6.07) is 4.52. The van der Waals surface area contributed by atoms with Gasteiger partial charge in [0.05, 0.1) is 6.20 Å². The Labute approximate surface area is 110 Å². The smallest absolute Gasteiger partial charge is 0.282 e. The van der Waals surface area contributed by atoms with Crippen LogP contribution in [0.1, 0.15) is 12.1 Å². The van der Waals surface area contributed by atoms with Crippen LogP contribution in [0.2, 0.25) is 5.15 Å². The van der Waals surface area contributed by atoms with E-state index in [9.17, 15) is 8.78 Å². The molecule has 8 heteroatoms. The molecule has 96 valence electrons. The Balaban J connectivity index is 2.11. The Hall–Kier alpha value is -2.15. The Morgan fingerprint density at radius 1 is 1.21 bits per heavy atom. The van der Waals surface area contributed by atoms with Gasteiger partial charge in [0.15, 0.2) is 5.65 Å². The number of pyridine rings is 1. The van der Waals surface area contributed by atoms with E-state index in [1.807, 2.05) is 0 Å². The van der Waals surface area contributed by atoms with Crippen molar-refractivity contribution in [1.82, 2.24) is 25.1 Å². The predicted octanol–water partition coefficient (Wildman–Crippen LogP) is 3.01. The highest BCUT2D eigenvalue weighted by Gasteiger charge is 2.13. The first-order valence-electron chi connectivity index (χ1n) is 5.27. The minimum absolute atomic E-state index is 0.323. The number of fused-ring (bicyclic) bond motifs is 1. The van der Waals surface area contributed by atoms with Crippen LogP contribution in [0.15, 0.2) is 24.4 Å². The van der Waals surface area contributed by atoms with Crippen molar-refractivity contribution in [2.45, 2.75) is 6.43 Å². The van der Waals surface area contributed by atoms with Gasteiger partial charge >= 0.3 is 0 Å². The topological polar surface area (TPSA) is 67.3 Å². The number of aromatic nitrogens is 5. The van der Waals surface area contributed by atoms with Crippen molar-refractivity contribution in [3.63, 3.8) is 0 Å². The van der Waals surface area contributed by atoms with Crippen molar-refractivity contribution < 1.29 is 8.78 Å². The van der Waals surface area contributed by atoms with E-state index in [2.05, 4.69) is 25.1 Å². The number of H-pyrrole nitrogens is 1.